The van der Waals surface area contributed by atoms with Crippen molar-refractivity contribution in [3.05, 3.63) is 59.4 Å². The molecule has 0 aliphatic rings. The Hall–Kier alpha value is -2.89. The van der Waals surface area contributed by atoms with E-state index < -0.39 is 5.97 Å². The molecule has 20 heavy (non-hydrogen) atoms. The molecule has 4 N–H and O–H groups in total. The lowest BCUT2D eigenvalue weighted by Gasteiger charge is -2.06. The Morgan fingerprint density at radius 1 is 1.20 bits per heavy atom. The zero-order chi connectivity index (χ0) is 14.5. The maximum Gasteiger partial charge on any atom is 0.335 e. The number of benzene rings is 1. The van der Waals surface area contributed by atoms with Gasteiger partial charge in [0.1, 0.15) is 0 Å². The summed E-state index contributed by atoms with van der Waals surface area (Å²) in [6, 6.07) is 9.51. The third-order valence-corrected chi connectivity index (χ3v) is 2.71. The molecule has 2 aromatic rings. The molecule has 1 aromatic heterocycles. The Morgan fingerprint density at radius 3 is 2.50 bits per heavy atom. The third-order valence-electron chi connectivity index (χ3n) is 2.71. The van der Waals surface area contributed by atoms with Crippen LogP contribution in [0.1, 0.15) is 26.4 Å². The van der Waals surface area contributed by atoms with Crippen molar-refractivity contribution >= 4 is 17.6 Å². The van der Waals surface area contributed by atoms with Crippen LogP contribution in [0.25, 0.3) is 0 Å². The summed E-state index contributed by atoms with van der Waals surface area (Å²) in [6.45, 7) is 0.273. The Bertz CT molecular complexity index is 638. The van der Waals surface area contributed by atoms with Gasteiger partial charge in [-0.2, -0.15) is 0 Å². The first-order valence-electron chi connectivity index (χ1n) is 5.89. The van der Waals surface area contributed by atoms with E-state index in [1.807, 2.05) is 0 Å². The van der Waals surface area contributed by atoms with Crippen LogP contribution in [-0.4, -0.2) is 22.0 Å². The summed E-state index contributed by atoms with van der Waals surface area (Å²) in [4.78, 5) is 26.5. The molecular formula is C14H13N3O3. The van der Waals surface area contributed by atoms with Crippen LogP contribution < -0.4 is 11.1 Å². The number of nitrogens with zero attached hydrogens (tertiary/aromatic N) is 1. The van der Waals surface area contributed by atoms with Crippen molar-refractivity contribution in [1.29, 1.82) is 0 Å². The van der Waals surface area contributed by atoms with Gasteiger partial charge in [-0.25, -0.2) is 9.78 Å². The van der Waals surface area contributed by atoms with Crippen molar-refractivity contribution in [2.75, 3.05) is 5.73 Å². The number of aromatic carboxylic acids is 1. The number of hydrogen-bond donors (Lipinski definition) is 3. The summed E-state index contributed by atoms with van der Waals surface area (Å²) in [7, 11) is 0. The maximum absolute atomic E-state index is 11.9. The van der Waals surface area contributed by atoms with Gasteiger partial charge in [-0.05, 0) is 29.8 Å². The average Bonchev–Trinajstić information content (AvgIpc) is 2.45. The molecule has 2 rings (SSSR count). The van der Waals surface area contributed by atoms with Gasteiger partial charge in [0.25, 0.3) is 5.91 Å². The molecule has 0 saturated carbocycles. The van der Waals surface area contributed by atoms with Crippen molar-refractivity contribution in [2.24, 2.45) is 0 Å². The molecular weight excluding hydrogens is 258 g/mol. The van der Waals surface area contributed by atoms with E-state index in [4.69, 9.17) is 10.8 Å². The first-order valence-corrected chi connectivity index (χ1v) is 5.89. The zero-order valence-electron chi connectivity index (χ0n) is 10.5. The highest BCUT2D eigenvalue weighted by molar-refractivity contribution is 5.96. The minimum absolute atomic E-state index is 0.176. The molecule has 0 saturated heterocycles. The number of aromatic nitrogens is 1. The molecule has 6 heteroatoms. The molecule has 0 bridgehead atoms. The molecule has 6 nitrogen and oxygen atoms in total. The van der Waals surface area contributed by atoms with E-state index in [0.29, 0.717) is 5.69 Å². The molecule has 1 amide bonds. The van der Waals surface area contributed by atoms with Crippen LogP contribution in [0.15, 0.2) is 42.6 Å². The SMILES string of the molecule is Nc1cccnc1C(=O)NCc1ccc(C(=O)O)cc1. The number of anilines is 1. The normalized spacial score (nSPS) is 10.0. The number of carbonyl (C=O) groups is 2. The smallest absolute Gasteiger partial charge is 0.335 e. The highest BCUT2D eigenvalue weighted by atomic mass is 16.4. The number of rotatable bonds is 4. The molecule has 0 atom stereocenters. The summed E-state index contributed by atoms with van der Waals surface area (Å²) >= 11 is 0. The fourth-order valence-electron chi connectivity index (χ4n) is 1.64. The monoisotopic (exact) mass is 271 g/mol. The maximum atomic E-state index is 11.9. The Balaban J connectivity index is 2.00. The lowest BCUT2D eigenvalue weighted by Crippen LogP contribution is -2.24. The molecule has 0 fully saturated rings. The lowest BCUT2D eigenvalue weighted by molar-refractivity contribution is 0.0696. The summed E-state index contributed by atoms with van der Waals surface area (Å²) in [5, 5.41) is 11.5. The second kappa shape index (κ2) is 5.83. The van der Waals surface area contributed by atoms with Gasteiger partial charge in [0.15, 0.2) is 5.69 Å². The van der Waals surface area contributed by atoms with E-state index in [9.17, 15) is 9.59 Å². The summed E-state index contributed by atoms with van der Waals surface area (Å²) in [6.07, 6.45) is 1.49. The minimum Gasteiger partial charge on any atom is -0.478 e. The third kappa shape index (κ3) is 3.11. The highest BCUT2D eigenvalue weighted by Gasteiger charge is 2.10. The second-order valence-electron chi connectivity index (χ2n) is 4.13. The van der Waals surface area contributed by atoms with E-state index in [2.05, 4.69) is 10.3 Å². The van der Waals surface area contributed by atoms with Gasteiger partial charge in [-0.15, -0.1) is 0 Å². The Labute approximate surface area is 115 Å². The van der Waals surface area contributed by atoms with Crippen molar-refractivity contribution in [3.63, 3.8) is 0 Å². The first kappa shape index (κ1) is 13.5. The van der Waals surface area contributed by atoms with Crippen LogP contribution in [0.4, 0.5) is 5.69 Å². The van der Waals surface area contributed by atoms with Crippen LogP contribution in [0.2, 0.25) is 0 Å². The van der Waals surface area contributed by atoms with Crippen molar-refractivity contribution in [3.8, 4) is 0 Å². The summed E-state index contributed by atoms with van der Waals surface area (Å²) in [5.41, 5.74) is 7.13. The standard InChI is InChI=1S/C14H13N3O3/c15-11-2-1-7-16-12(11)13(18)17-8-9-3-5-10(6-4-9)14(19)20/h1-7H,8,15H2,(H,17,18)(H,19,20). The lowest BCUT2D eigenvalue weighted by atomic mass is 10.1. The number of carboxylic acid groups (broad SMARTS) is 1. The molecule has 0 aliphatic carbocycles. The van der Waals surface area contributed by atoms with Gasteiger partial charge in [0.05, 0.1) is 11.3 Å². The van der Waals surface area contributed by atoms with E-state index in [1.165, 1.54) is 18.3 Å². The largest absolute Gasteiger partial charge is 0.478 e. The van der Waals surface area contributed by atoms with E-state index in [0.717, 1.165) is 5.56 Å². The van der Waals surface area contributed by atoms with Crippen molar-refractivity contribution in [2.45, 2.75) is 6.54 Å². The first-order chi connectivity index (χ1) is 9.58. The number of hydrogen-bond acceptors (Lipinski definition) is 4. The topological polar surface area (TPSA) is 105 Å². The van der Waals surface area contributed by atoms with Crippen molar-refractivity contribution < 1.29 is 14.7 Å². The fourth-order valence-corrected chi connectivity index (χ4v) is 1.64. The zero-order valence-corrected chi connectivity index (χ0v) is 10.5. The van der Waals surface area contributed by atoms with E-state index in [-0.39, 0.29) is 23.7 Å². The minimum atomic E-state index is -0.984. The number of carboxylic acids is 1. The summed E-state index contributed by atoms with van der Waals surface area (Å²) in [5.74, 6) is -1.35. The van der Waals surface area contributed by atoms with Crippen LogP contribution in [0.5, 0.6) is 0 Å². The Morgan fingerprint density at radius 2 is 1.90 bits per heavy atom. The molecule has 1 aromatic carbocycles. The number of amides is 1. The number of pyridine rings is 1. The number of nitrogens with two attached hydrogens (primary N) is 1. The van der Waals surface area contributed by atoms with Gasteiger partial charge in [0.2, 0.25) is 0 Å². The Kier molecular flexibility index (Phi) is 3.95. The van der Waals surface area contributed by atoms with Gasteiger partial charge >= 0.3 is 5.97 Å². The van der Waals surface area contributed by atoms with Crippen LogP contribution in [0.3, 0.4) is 0 Å². The van der Waals surface area contributed by atoms with Crippen LogP contribution in [-0.2, 0) is 6.54 Å². The van der Waals surface area contributed by atoms with Crippen molar-refractivity contribution in [1.82, 2.24) is 10.3 Å². The van der Waals surface area contributed by atoms with Gasteiger partial charge in [-0.3, -0.25) is 4.79 Å². The fraction of sp³-hybridized carbons (Fsp3) is 0.0714. The summed E-state index contributed by atoms with van der Waals surface area (Å²) < 4.78 is 0. The highest BCUT2D eigenvalue weighted by Crippen LogP contribution is 2.08. The molecule has 0 unspecified atom stereocenters. The predicted octanol–water partition coefficient (Wildman–Crippen LogP) is 1.29. The number of nitrogens with one attached hydrogen (secondary N) is 1. The van der Waals surface area contributed by atoms with E-state index in [1.54, 1.807) is 24.3 Å². The van der Waals surface area contributed by atoms with Gasteiger partial charge in [0, 0.05) is 12.7 Å². The molecule has 1 heterocycles. The molecule has 0 radical (unpaired) electrons. The average molecular weight is 271 g/mol. The van der Waals surface area contributed by atoms with Crippen LogP contribution in [0, 0.1) is 0 Å². The molecule has 102 valence electrons. The number of nitrogen functional groups attached to an aromatic ring is 1. The second-order valence-corrected chi connectivity index (χ2v) is 4.13. The molecule has 0 spiro atoms. The number of carbonyl (C=O) groups excluding carboxylic acids is 1. The molecule has 0 aliphatic heterocycles. The van der Waals surface area contributed by atoms with Gasteiger partial charge < -0.3 is 16.2 Å². The van der Waals surface area contributed by atoms with Gasteiger partial charge in [-0.1, -0.05) is 12.1 Å². The van der Waals surface area contributed by atoms with Crippen LogP contribution >= 0.6 is 0 Å². The van der Waals surface area contributed by atoms with E-state index >= 15 is 0 Å². The predicted molar refractivity (Wildman–Crippen MR) is 73.2 cm³/mol. The quantitative estimate of drug-likeness (QED) is 0.777.